The molecule has 1 aromatic carbocycles. The van der Waals surface area contributed by atoms with Crippen LogP contribution in [0.1, 0.15) is 24.3 Å². The first-order valence-electron chi connectivity index (χ1n) is 8.75. The van der Waals surface area contributed by atoms with Gasteiger partial charge in [0.15, 0.2) is 0 Å². The van der Waals surface area contributed by atoms with Gasteiger partial charge in [-0.3, -0.25) is 0 Å². The van der Waals surface area contributed by atoms with Crippen molar-refractivity contribution in [2.75, 3.05) is 13.2 Å². The Hall–Kier alpha value is -2.51. The number of imidazole rings is 1. The molecule has 2 bridgehead atoms. The molecule has 0 spiro atoms. The molecule has 1 saturated carbocycles. The summed E-state index contributed by atoms with van der Waals surface area (Å²) in [6.45, 7) is 1.98. The van der Waals surface area contributed by atoms with Crippen LogP contribution < -0.4 is 0 Å². The summed E-state index contributed by atoms with van der Waals surface area (Å²) in [5.41, 5.74) is 1.63. The van der Waals surface area contributed by atoms with Crippen LogP contribution in [0.2, 0.25) is 0 Å². The molecule has 0 atom stereocenters. The molecule has 3 fully saturated rings. The van der Waals surface area contributed by atoms with Crippen molar-refractivity contribution in [3.05, 3.63) is 54.3 Å². The highest BCUT2D eigenvalue weighted by Gasteiger charge is 2.66. The average molecular weight is 352 g/mol. The fourth-order valence-electron chi connectivity index (χ4n) is 4.06. The Morgan fingerprint density at radius 3 is 2.85 bits per heavy atom. The maximum absolute atomic E-state index is 6.07. The average Bonchev–Trinajstić information content (AvgIpc) is 3.37. The van der Waals surface area contributed by atoms with Gasteiger partial charge in [0.05, 0.1) is 32.3 Å². The number of ether oxygens (including phenoxy) is 2. The summed E-state index contributed by atoms with van der Waals surface area (Å²) in [5, 5.41) is 4.10. The molecule has 2 aliphatic heterocycles. The van der Waals surface area contributed by atoms with E-state index < -0.39 is 5.60 Å². The van der Waals surface area contributed by atoms with Crippen molar-refractivity contribution in [1.82, 2.24) is 19.7 Å². The predicted molar refractivity (Wildman–Crippen MR) is 91.9 cm³/mol. The van der Waals surface area contributed by atoms with E-state index in [0.29, 0.717) is 31.5 Å². The van der Waals surface area contributed by atoms with Crippen molar-refractivity contribution in [2.24, 2.45) is 12.5 Å². The number of fused-ring (bicyclic) bond motifs is 1. The van der Waals surface area contributed by atoms with Crippen molar-refractivity contribution in [1.29, 1.82) is 0 Å². The number of rotatable bonds is 6. The lowest BCUT2D eigenvalue weighted by Crippen LogP contribution is -2.44. The van der Waals surface area contributed by atoms with E-state index in [2.05, 4.69) is 27.3 Å². The van der Waals surface area contributed by atoms with E-state index >= 15 is 0 Å². The smallest absolute Gasteiger partial charge is 0.259 e. The van der Waals surface area contributed by atoms with Gasteiger partial charge in [-0.1, -0.05) is 35.5 Å². The van der Waals surface area contributed by atoms with Gasteiger partial charge < -0.3 is 18.6 Å². The molecule has 134 valence electrons. The highest BCUT2D eigenvalue weighted by molar-refractivity contribution is 5.47. The molecule has 4 heterocycles. The van der Waals surface area contributed by atoms with Gasteiger partial charge >= 0.3 is 0 Å². The first-order valence-corrected chi connectivity index (χ1v) is 8.75. The molecule has 0 radical (unpaired) electrons. The minimum Gasteiger partial charge on any atom is -0.376 e. The summed E-state index contributed by atoms with van der Waals surface area (Å²) in [4.78, 5) is 8.66. The van der Waals surface area contributed by atoms with E-state index in [1.54, 1.807) is 12.5 Å². The predicted octanol–water partition coefficient (Wildman–Crippen LogP) is 2.69. The molecule has 26 heavy (non-hydrogen) atoms. The van der Waals surface area contributed by atoms with Crippen LogP contribution in [0.5, 0.6) is 0 Å². The molecule has 3 aromatic rings. The first kappa shape index (κ1) is 15.7. The molecule has 7 heteroatoms. The molecular weight excluding hydrogens is 332 g/mol. The molecule has 0 unspecified atom stereocenters. The Kier molecular flexibility index (Phi) is 3.48. The van der Waals surface area contributed by atoms with Gasteiger partial charge in [-0.25, -0.2) is 4.98 Å². The maximum Gasteiger partial charge on any atom is 0.259 e. The van der Waals surface area contributed by atoms with Crippen molar-refractivity contribution in [3.8, 4) is 11.5 Å². The topological polar surface area (TPSA) is 75.2 Å². The van der Waals surface area contributed by atoms with Crippen LogP contribution in [-0.2, 0) is 28.7 Å². The summed E-state index contributed by atoms with van der Waals surface area (Å²) in [5.74, 6) is 1.10. The number of hydrogen-bond donors (Lipinski definition) is 0. The minimum atomic E-state index is -0.444. The standard InChI is InChI=1S/C19H20N4O3/c1-23-13-20-7-15(23)16-21-17(26-22-16)19-9-18(10-19,12-25-19)11-24-8-14-5-3-2-4-6-14/h2-7,13H,8-12H2,1H3. The van der Waals surface area contributed by atoms with E-state index in [4.69, 9.17) is 14.0 Å². The Balaban J connectivity index is 1.24. The zero-order valence-corrected chi connectivity index (χ0v) is 14.6. The van der Waals surface area contributed by atoms with Crippen molar-refractivity contribution < 1.29 is 14.0 Å². The van der Waals surface area contributed by atoms with Gasteiger partial charge in [0, 0.05) is 12.5 Å². The van der Waals surface area contributed by atoms with Gasteiger partial charge in [0.1, 0.15) is 11.3 Å². The highest BCUT2D eigenvalue weighted by atomic mass is 16.6. The third-order valence-corrected chi connectivity index (χ3v) is 5.36. The number of aryl methyl sites for hydroxylation is 1. The summed E-state index contributed by atoms with van der Waals surface area (Å²) in [6, 6.07) is 10.2. The van der Waals surface area contributed by atoms with Crippen LogP contribution in [0.25, 0.3) is 11.5 Å². The lowest BCUT2D eigenvalue weighted by molar-refractivity contribution is -0.0688. The van der Waals surface area contributed by atoms with E-state index in [9.17, 15) is 0 Å². The molecule has 2 aromatic heterocycles. The van der Waals surface area contributed by atoms with Crippen LogP contribution in [0.4, 0.5) is 0 Å². The quantitative estimate of drug-likeness (QED) is 0.679. The second kappa shape index (κ2) is 5.75. The monoisotopic (exact) mass is 352 g/mol. The minimum absolute atomic E-state index is 0.0654. The lowest BCUT2D eigenvalue weighted by Gasteiger charge is -2.41. The molecule has 7 nitrogen and oxygen atoms in total. The molecule has 1 aliphatic carbocycles. The number of aromatic nitrogens is 4. The Bertz CT molecular complexity index is 912. The second-order valence-corrected chi connectivity index (χ2v) is 7.43. The van der Waals surface area contributed by atoms with E-state index in [0.717, 1.165) is 18.5 Å². The third kappa shape index (κ3) is 2.47. The molecule has 6 rings (SSSR count). The fraction of sp³-hybridized carbons (Fsp3) is 0.421. The van der Waals surface area contributed by atoms with E-state index in [1.165, 1.54) is 5.56 Å². The van der Waals surface area contributed by atoms with Crippen LogP contribution in [0, 0.1) is 5.41 Å². The Labute approximate surface area is 151 Å². The number of hydrogen-bond acceptors (Lipinski definition) is 6. The van der Waals surface area contributed by atoms with Crippen molar-refractivity contribution in [3.63, 3.8) is 0 Å². The summed E-state index contributed by atoms with van der Waals surface area (Å²) in [6.07, 6.45) is 5.17. The molecule has 2 saturated heterocycles. The Morgan fingerprint density at radius 2 is 2.08 bits per heavy atom. The number of nitrogens with zero attached hydrogens (tertiary/aromatic N) is 4. The SMILES string of the molecule is Cn1cncc1-c1noc(C23CC(COCc4ccccc4)(CO2)C3)n1. The van der Waals surface area contributed by atoms with Crippen molar-refractivity contribution >= 4 is 0 Å². The van der Waals surface area contributed by atoms with Gasteiger partial charge in [0.25, 0.3) is 5.89 Å². The van der Waals surface area contributed by atoms with Crippen LogP contribution in [0.15, 0.2) is 47.4 Å². The summed E-state index contributed by atoms with van der Waals surface area (Å²) < 4.78 is 19.4. The second-order valence-electron chi connectivity index (χ2n) is 7.43. The van der Waals surface area contributed by atoms with Crippen LogP contribution >= 0.6 is 0 Å². The van der Waals surface area contributed by atoms with Crippen molar-refractivity contribution in [2.45, 2.75) is 25.0 Å². The normalized spacial score (nSPS) is 26.8. The summed E-state index contributed by atoms with van der Waals surface area (Å²) in [7, 11) is 1.90. The van der Waals surface area contributed by atoms with Gasteiger partial charge in [-0.05, 0) is 18.4 Å². The Morgan fingerprint density at radius 1 is 1.23 bits per heavy atom. The lowest BCUT2D eigenvalue weighted by atomic mass is 9.63. The zero-order valence-electron chi connectivity index (χ0n) is 14.6. The van der Waals surface area contributed by atoms with E-state index in [-0.39, 0.29) is 5.41 Å². The van der Waals surface area contributed by atoms with E-state index in [1.807, 2.05) is 29.8 Å². The van der Waals surface area contributed by atoms with Gasteiger partial charge in [-0.15, -0.1) is 0 Å². The largest absolute Gasteiger partial charge is 0.376 e. The third-order valence-electron chi connectivity index (χ3n) is 5.36. The molecule has 0 amide bonds. The fourth-order valence-corrected chi connectivity index (χ4v) is 4.06. The molecule has 0 N–H and O–H groups in total. The van der Waals surface area contributed by atoms with Gasteiger partial charge in [-0.2, -0.15) is 4.98 Å². The summed E-state index contributed by atoms with van der Waals surface area (Å²) >= 11 is 0. The van der Waals surface area contributed by atoms with Gasteiger partial charge in [0.2, 0.25) is 5.82 Å². The zero-order chi connectivity index (χ0) is 17.6. The molecule has 3 aliphatic rings. The molecular formula is C19H20N4O3. The first-order chi connectivity index (χ1) is 12.7. The van der Waals surface area contributed by atoms with Crippen LogP contribution in [0.3, 0.4) is 0 Å². The maximum atomic E-state index is 6.07. The van der Waals surface area contributed by atoms with Crippen LogP contribution in [-0.4, -0.2) is 32.9 Å². The highest BCUT2D eigenvalue weighted by Crippen LogP contribution is 2.62. The number of benzene rings is 1.